The number of para-hydroxylation sites is 1. The van der Waals surface area contributed by atoms with Crippen LogP contribution in [0.1, 0.15) is 57.6 Å². The maximum atomic E-state index is 9.11. The van der Waals surface area contributed by atoms with E-state index in [0.717, 1.165) is 32.4 Å². The van der Waals surface area contributed by atoms with Crippen LogP contribution in [-0.4, -0.2) is 30.8 Å². The van der Waals surface area contributed by atoms with E-state index in [2.05, 4.69) is 48.3 Å². The van der Waals surface area contributed by atoms with Gasteiger partial charge in [0, 0.05) is 30.9 Å². The predicted octanol–water partition coefficient (Wildman–Crippen LogP) is 3.49. The standard InChI is InChI=1S/C18H30N2O/c1-3-17(19-4-2)16-11-5-6-12-18(16)20-13-7-9-15(20)10-8-14-21/h5-6,11-12,15,17,19,21H,3-4,7-10,13-14H2,1-2H3. The molecule has 3 heteroatoms. The summed E-state index contributed by atoms with van der Waals surface area (Å²) < 4.78 is 0. The van der Waals surface area contributed by atoms with E-state index in [1.165, 1.54) is 24.1 Å². The Hall–Kier alpha value is -1.06. The molecule has 2 rings (SSSR count). The Morgan fingerprint density at radius 3 is 2.86 bits per heavy atom. The molecule has 1 saturated heterocycles. The van der Waals surface area contributed by atoms with Gasteiger partial charge in [-0.15, -0.1) is 0 Å². The number of nitrogens with one attached hydrogen (secondary N) is 1. The van der Waals surface area contributed by atoms with E-state index in [4.69, 9.17) is 5.11 Å². The third-order valence-corrected chi connectivity index (χ3v) is 4.55. The smallest absolute Gasteiger partial charge is 0.0431 e. The predicted molar refractivity (Wildman–Crippen MR) is 89.8 cm³/mol. The van der Waals surface area contributed by atoms with Crippen molar-refractivity contribution < 1.29 is 5.11 Å². The average Bonchev–Trinajstić information content (AvgIpc) is 2.99. The maximum absolute atomic E-state index is 9.11. The summed E-state index contributed by atoms with van der Waals surface area (Å²) >= 11 is 0. The maximum Gasteiger partial charge on any atom is 0.0431 e. The van der Waals surface area contributed by atoms with Gasteiger partial charge in [-0.25, -0.2) is 0 Å². The lowest BCUT2D eigenvalue weighted by Gasteiger charge is -2.31. The van der Waals surface area contributed by atoms with Gasteiger partial charge in [0.05, 0.1) is 0 Å². The highest BCUT2D eigenvalue weighted by Crippen LogP contribution is 2.34. The molecule has 1 aliphatic heterocycles. The molecule has 0 bridgehead atoms. The van der Waals surface area contributed by atoms with Crippen LogP contribution in [0.15, 0.2) is 24.3 Å². The van der Waals surface area contributed by atoms with Crippen molar-refractivity contribution in [1.29, 1.82) is 0 Å². The highest BCUT2D eigenvalue weighted by atomic mass is 16.2. The molecule has 0 spiro atoms. The number of aliphatic hydroxyl groups is 1. The van der Waals surface area contributed by atoms with Gasteiger partial charge < -0.3 is 15.3 Å². The molecule has 2 atom stereocenters. The molecule has 118 valence electrons. The van der Waals surface area contributed by atoms with E-state index in [9.17, 15) is 0 Å². The number of aliphatic hydroxyl groups excluding tert-OH is 1. The lowest BCUT2D eigenvalue weighted by molar-refractivity contribution is 0.279. The number of rotatable bonds is 8. The summed E-state index contributed by atoms with van der Waals surface area (Å²) in [6, 6.07) is 9.87. The molecule has 0 radical (unpaired) electrons. The molecule has 21 heavy (non-hydrogen) atoms. The zero-order chi connectivity index (χ0) is 15.1. The Labute approximate surface area is 129 Å². The van der Waals surface area contributed by atoms with Crippen LogP contribution in [-0.2, 0) is 0 Å². The zero-order valence-electron chi connectivity index (χ0n) is 13.5. The molecule has 1 fully saturated rings. The Morgan fingerprint density at radius 2 is 2.14 bits per heavy atom. The van der Waals surface area contributed by atoms with E-state index < -0.39 is 0 Å². The van der Waals surface area contributed by atoms with Crippen molar-refractivity contribution >= 4 is 5.69 Å². The highest BCUT2D eigenvalue weighted by molar-refractivity contribution is 5.56. The number of hydrogen-bond acceptors (Lipinski definition) is 3. The summed E-state index contributed by atoms with van der Waals surface area (Å²) in [5.41, 5.74) is 2.82. The van der Waals surface area contributed by atoms with Crippen molar-refractivity contribution in [3.8, 4) is 0 Å². The number of benzene rings is 1. The van der Waals surface area contributed by atoms with Gasteiger partial charge in [-0.1, -0.05) is 32.0 Å². The molecule has 0 aromatic heterocycles. The Bertz CT molecular complexity index is 421. The van der Waals surface area contributed by atoms with Gasteiger partial charge in [-0.2, -0.15) is 0 Å². The Kier molecular flexibility index (Phi) is 6.52. The quantitative estimate of drug-likeness (QED) is 0.769. The normalized spacial score (nSPS) is 20.0. The van der Waals surface area contributed by atoms with Crippen molar-refractivity contribution in [3.63, 3.8) is 0 Å². The lowest BCUT2D eigenvalue weighted by atomic mass is 10.00. The Balaban J connectivity index is 2.22. The summed E-state index contributed by atoms with van der Waals surface area (Å²) in [6.07, 6.45) is 5.64. The second-order valence-electron chi connectivity index (χ2n) is 5.93. The molecule has 3 nitrogen and oxygen atoms in total. The fourth-order valence-corrected chi connectivity index (χ4v) is 3.54. The molecule has 0 aliphatic carbocycles. The summed E-state index contributed by atoms with van der Waals surface area (Å²) in [5, 5.41) is 12.7. The molecule has 0 amide bonds. The first-order valence-corrected chi connectivity index (χ1v) is 8.51. The summed E-state index contributed by atoms with van der Waals surface area (Å²) in [6.45, 7) is 6.87. The molecule has 1 aromatic carbocycles. The van der Waals surface area contributed by atoms with Gasteiger partial charge in [0.25, 0.3) is 0 Å². The summed E-state index contributed by atoms with van der Waals surface area (Å²) in [5.74, 6) is 0. The molecule has 1 heterocycles. The first-order chi connectivity index (χ1) is 10.3. The van der Waals surface area contributed by atoms with Crippen molar-refractivity contribution in [2.24, 2.45) is 0 Å². The monoisotopic (exact) mass is 290 g/mol. The van der Waals surface area contributed by atoms with Crippen LogP contribution in [0, 0.1) is 0 Å². The third-order valence-electron chi connectivity index (χ3n) is 4.55. The van der Waals surface area contributed by atoms with E-state index in [0.29, 0.717) is 18.7 Å². The van der Waals surface area contributed by atoms with Gasteiger partial charge in [0.2, 0.25) is 0 Å². The average molecular weight is 290 g/mol. The van der Waals surface area contributed by atoms with Crippen molar-refractivity contribution in [2.45, 2.75) is 58.0 Å². The molecule has 1 aliphatic rings. The third kappa shape index (κ3) is 3.98. The van der Waals surface area contributed by atoms with Gasteiger partial charge in [0.15, 0.2) is 0 Å². The minimum atomic E-state index is 0.307. The largest absolute Gasteiger partial charge is 0.396 e. The minimum Gasteiger partial charge on any atom is -0.396 e. The van der Waals surface area contributed by atoms with Crippen LogP contribution in [0.4, 0.5) is 5.69 Å². The molecule has 1 aromatic rings. The molecular weight excluding hydrogens is 260 g/mol. The van der Waals surface area contributed by atoms with E-state index in [1.54, 1.807) is 0 Å². The van der Waals surface area contributed by atoms with E-state index in [-0.39, 0.29) is 0 Å². The second-order valence-corrected chi connectivity index (χ2v) is 5.93. The fourth-order valence-electron chi connectivity index (χ4n) is 3.54. The van der Waals surface area contributed by atoms with Gasteiger partial charge in [-0.3, -0.25) is 0 Å². The summed E-state index contributed by atoms with van der Waals surface area (Å²) in [7, 11) is 0. The SMILES string of the molecule is CCNC(CC)c1ccccc1N1CCCC1CCCO. The molecule has 2 unspecified atom stereocenters. The van der Waals surface area contributed by atoms with Crippen LogP contribution in [0.5, 0.6) is 0 Å². The highest BCUT2D eigenvalue weighted by Gasteiger charge is 2.27. The van der Waals surface area contributed by atoms with Crippen LogP contribution < -0.4 is 10.2 Å². The van der Waals surface area contributed by atoms with Gasteiger partial charge in [0.1, 0.15) is 0 Å². The van der Waals surface area contributed by atoms with Crippen LogP contribution >= 0.6 is 0 Å². The minimum absolute atomic E-state index is 0.307. The lowest BCUT2D eigenvalue weighted by Crippen LogP contribution is -2.32. The molecule has 0 saturated carbocycles. The van der Waals surface area contributed by atoms with E-state index >= 15 is 0 Å². The summed E-state index contributed by atoms with van der Waals surface area (Å²) in [4.78, 5) is 2.57. The zero-order valence-corrected chi connectivity index (χ0v) is 13.5. The van der Waals surface area contributed by atoms with Crippen LogP contribution in [0.3, 0.4) is 0 Å². The number of anilines is 1. The topological polar surface area (TPSA) is 35.5 Å². The first-order valence-electron chi connectivity index (χ1n) is 8.51. The fraction of sp³-hybridized carbons (Fsp3) is 0.667. The van der Waals surface area contributed by atoms with Crippen molar-refractivity contribution in [1.82, 2.24) is 5.32 Å². The number of hydrogen-bond donors (Lipinski definition) is 2. The van der Waals surface area contributed by atoms with Crippen molar-refractivity contribution in [2.75, 3.05) is 24.6 Å². The molecular formula is C18H30N2O. The Morgan fingerprint density at radius 1 is 1.33 bits per heavy atom. The number of nitrogens with zero attached hydrogens (tertiary/aromatic N) is 1. The first kappa shape index (κ1) is 16.3. The van der Waals surface area contributed by atoms with Gasteiger partial charge in [-0.05, 0) is 50.3 Å². The van der Waals surface area contributed by atoms with Crippen LogP contribution in [0.2, 0.25) is 0 Å². The second kappa shape index (κ2) is 8.40. The van der Waals surface area contributed by atoms with E-state index in [1.807, 2.05) is 0 Å². The van der Waals surface area contributed by atoms with Gasteiger partial charge >= 0.3 is 0 Å². The van der Waals surface area contributed by atoms with Crippen LogP contribution in [0.25, 0.3) is 0 Å². The van der Waals surface area contributed by atoms with Crippen molar-refractivity contribution in [3.05, 3.63) is 29.8 Å². The molecule has 2 N–H and O–H groups in total.